The summed E-state index contributed by atoms with van der Waals surface area (Å²) in [6.07, 6.45) is 6.47. The summed E-state index contributed by atoms with van der Waals surface area (Å²) in [5, 5.41) is 10.1. The molecule has 0 aliphatic carbocycles. The highest BCUT2D eigenvalue weighted by atomic mass is 16.3. The van der Waals surface area contributed by atoms with Gasteiger partial charge in [-0.3, -0.25) is 14.6 Å². The highest BCUT2D eigenvalue weighted by Gasteiger charge is 2.35. The van der Waals surface area contributed by atoms with Gasteiger partial charge in [0.1, 0.15) is 0 Å². The lowest BCUT2D eigenvalue weighted by Gasteiger charge is -2.33. The van der Waals surface area contributed by atoms with Gasteiger partial charge in [0.25, 0.3) is 0 Å². The predicted octanol–water partition coefficient (Wildman–Crippen LogP) is 1.09. The van der Waals surface area contributed by atoms with E-state index < -0.39 is 6.10 Å². The van der Waals surface area contributed by atoms with Crippen LogP contribution >= 0.6 is 0 Å². The molecule has 0 unspecified atom stereocenters. The van der Waals surface area contributed by atoms with E-state index in [0.717, 1.165) is 32.4 Å². The average Bonchev–Trinajstić information content (AvgIpc) is 2.97. The van der Waals surface area contributed by atoms with Crippen molar-refractivity contribution in [2.45, 2.75) is 38.7 Å². The van der Waals surface area contributed by atoms with Gasteiger partial charge in [-0.15, -0.1) is 0 Å². The first-order valence-corrected chi connectivity index (χ1v) is 9.13. The van der Waals surface area contributed by atoms with Crippen LogP contribution in [0, 0.1) is 11.8 Å². The van der Waals surface area contributed by atoms with E-state index in [4.69, 9.17) is 0 Å². The van der Waals surface area contributed by atoms with E-state index in [9.17, 15) is 14.7 Å². The van der Waals surface area contributed by atoms with Gasteiger partial charge in [-0.25, -0.2) is 0 Å². The van der Waals surface area contributed by atoms with Crippen LogP contribution in [0.25, 0.3) is 0 Å². The third-order valence-electron chi connectivity index (χ3n) is 5.53. The molecule has 2 amide bonds. The van der Waals surface area contributed by atoms with Crippen molar-refractivity contribution in [1.29, 1.82) is 0 Å². The summed E-state index contributed by atoms with van der Waals surface area (Å²) < 4.78 is 0. The Morgan fingerprint density at radius 3 is 2.44 bits per heavy atom. The van der Waals surface area contributed by atoms with Crippen LogP contribution in [0.3, 0.4) is 0 Å². The summed E-state index contributed by atoms with van der Waals surface area (Å²) in [4.78, 5) is 31.6. The van der Waals surface area contributed by atoms with Gasteiger partial charge < -0.3 is 14.9 Å². The molecule has 136 valence electrons. The zero-order chi connectivity index (χ0) is 17.8. The molecule has 2 aliphatic rings. The van der Waals surface area contributed by atoms with Gasteiger partial charge in [0, 0.05) is 57.8 Å². The zero-order valence-corrected chi connectivity index (χ0v) is 14.8. The largest absolute Gasteiger partial charge is 0.391 e. The third-order valence-corrected chi connectivity index (χ3v) is 5.53. The molecule has 1 aromatic rings. The number of β-amino-alcohol motifs (C(OH)–C–C–N with tert-alkyl or cyclic N) is 1. The molecule has 0 saturated carbocycles. The van der Waals surface area contributed by atoms with Crippen molar-refractivity contribution in [3.63, 3.8) is 0 Å². The molecule has 0 radical (unpaired) electrons. The van der Waals surface area contributed by atoms with Gasteiger partial charge in [0.2, 0.25) is 11.8 Å². The Labute approximate surface area is 148 Å². The van der Waals surface area contributed by atoms with E-state index in [2.05, 4.69) is 17.1 Å². The van der Waals surface area contributed by atoms with Crippen molar-refractivity contribution in [3.05, 3.63) is 30.1 Å². The highest BCUT2D eigenvalue weighted by molar-refractivity contribution is 5.77. The molecule has 3 heterocycles. The number of piperidine rings is 1. The molecule has 0 spiro atoms. The van der Waals surface area contributed by atoms with Gasteiger partial charge in [0.05, 0.1) is 6.10 Å². The van der Waals surface area contributed by atoms with Gasteiger partial charge in [-0.2, -0.15) is 0 Å². The quantitative estimate of drug-likeness (QED) is 0.887. The molecular weight excluding hydrogens is 318 g/mol. The number of pyridine rings is 1. The molecular formula is C19H27N3O3. The van der Waals surface area contributed by atoms with Gasteiger partial charge >= 0.3 is 0 Å². The number of hydrogen-bond donors (Lipinski definition) is 1. The van der Waals surface area contributed by atoms with E-state index in [1.165, 1.54) is 12.5 Å². The monoisotopic (exact) mass is 345 g/mol. The topological polar surface area (TPSA) is 73.7 Å². The van der Waals surface area contributed by atoms with Gasteiger partial charge in [0.15, 0.2) is 0 Å². The molecule has 6 heteroatoms. The van der Waals surface area contributed by atoms with Crippen molar-refractivity contribution in [1.82, 2.24) is 14.8 Å². The maximum atomic E-state index is 12.5. The fourth-order valence-electron chi connectivity index (χ4n) is 3.90. The number of aromatic nitrogens is 1. The second kappa shape index (κ2) is 7.95. The van der Waals surface area contributed by atoms with Gasteiger partial charge in [-0.1, -0.05) is 0 Å². The first-order chi connectivity index (χ1) is 12.0. The molecule has 2 atom stereocenters. The Morgan fingerprint density at radius 1 is 1.16 bits per heavy atom. The highest BCUT2D eigenvalue weighted by Crippen LogP contribution is 2.25. The number of likely N-dealkylation sites (tertiary alicyclic amines) is 2. The molecule has 2 aliphatic heterocycles. The van der Waals surface area contributed by atoms with Crippen molar-refractivity contribution in [3.8, 4) is 0 Å². The van der Waals surface area contributed by atoms with Crippen LogP contribution in [0.5, 0.6) is 0 Å². The van der Waals surface area contributed by atoms with Crippen LogP contribution in [0.15, 0.2) is 24.5 Å². The maximum absolute atomic E-state index is 12.5. The van der Waals surface area contributed by atoms with Crippen LogP contribution in [-0.4, -0.2) is 64.0 Å². The number of carbonyl (C=O) groups excluding carboxylic acids is 2. The second-order valence-electron chi connectivity index (χ2n) is 7.34. The molecule has 2 saturated heterocycles. The average molecular weight is 345 g/mol. The standard InChI is InChI=1S/C19H27N3O3/c1-14(23)22-12-17(18(24)13-22)11-19(25)21-8-4-16(5-9-21)10-15-2-6-20-7-3-15/h2-3,6-7,16-18,24H,4-5,8-13H2,1H3/t17-,18-/m0/s1. The number of carbonyl (C=O) groups is 2. The summed E-state index contributed by atoms with van der Waals surface area (Å²) in [6, 6.07) is 4.11. The smallest absolute Gasteiger partial charge is 0.223 e. The van der Waals surface area contributed by atoms with Crippen LogP contribution in [-0.2, 0) is 16.0 Å². The van der Waals surface area contributed by atoms with Gasteiger partial charge in [-0.05, 0) is 42.9 Å². The molecule has 0 bridgehead atoms. The SMILES string of the molecule is CC(=O)N1C[C@H](CC(=O)N2CCC(Cc3ccncc3)CC2)[C@@H](O)C1. The minimum absolute atomic E-state index is 0.0362. The van der Waals surface area contributed by atoms with Crippen molar-refractivity contribution in [2.75, 3.05) is 26.2 Å². The number of amides is 2. The molecule has 0 aromatic carbocycles. The van der Waals surface area contributed by atoms with E-state index in [1.54, 1.807) is 4.90 Å². The maximum Gasteiger partial charge on any atom is 0.223 e. The lowest BCUT2D eigenvalue weighted by Crippen LogP contribution is -2.40. The van der Waals surface area contributed by atoms with Crippen LogP contribution in [0.2, 0.25) is 0 Å². The zero-order valence-electron chi connectivity index (χ0n) is 14.8. The first kappa shape index (κ1) is 17.9. The van der Waals surface area contributed by atoms with Crippen LogP contribution in [0.4, 0.5) is 0 Å². The fraction of sp³-hybridized carbons (Fsp3) is 0.632. The second-order valence-corrected chi connectivity index (χ2v) is 7.34. The fourth-order valence-corrected chi connectivity index (χ4v) is 3.90. The van der Waals surface area contributed by atoms with Crippen LogP contribution < -0.4 is 0 Å². The van der Waals surface area contributed by atoms with E-state index >= 15 is 0 Å². The Balaban J connectivity index is 1.45. The summed E-state index contributed by atoms with van der Waals surface area (Å²) in [6.45, 7) is 3.91. The molecule has 25 heavy (non-hydrogen) atoms. The van der Waals surface area contributed by atoms with Crippen LogP contribution in [0.1, 0.15) is 31.7 Å². The van der Waals surface area contributed by atoms with Crippen molar-refractivity contribution < 1.29 is 14.7 Å². The molecule has 2 fully saturated rings. The van der Waals surface area contributed by atoms with E-state index in [1.807, 2.05) is 17.3 Å². The first-order valence-electron chi connectivity index (χ1n) is 9.13. The number of rotatable bonds is 4. The Hall–Kier alpha value is -1.95. The Kier molecular flexibility index (Phi) is 5.68. The lowest BCUT2D eigenvalue weighted by molar-refractivity contribution is -0.134. The molecule has 1 aromatic heterocycles. The number of aliphatic hydroxyl groups excluding tert-OH is 1. The molecule has 6 nitrogen and oxygen atoms in total. The molecule has 3 rings (SSSR count). The summed E-state index contributed by atoms with van der Waals surface area (Å²) >= 11 is 0. The van der Waals surface area contributed by atoms with Crippen molar-refractivity contribution in [2.24, 2.45) is 11.8 Å². The Bertz CT molecular complexity index is 599. The van der Waals surface area contributed by atoms with Crippen molar-refractivity contribution >= 4 is 11.8 Å². The summed E-state index contributed by atoms with van der Waals surface area (Å²) in [7, 11) is 0. The number of hydrogen-bond acceptors (Lipinski definition) is 4. The predicted molar refractivity (Wildman–Crippen MR) is 93.6 cm³/mol. The Morgan fingerprint density at radius 2 is 1.84 bits per heavy atom. The third kappa shape index (κ3) is 4.57. The summed E-state index contributed by atoms with van der Waals surface area (Å²) in [5.74, 6) is 0.547. The minimum Gasteiger partial charge on any atom is -0.391 e. The number of nitrogens with zero attached hydrogens (tertiary/aromatic N) is 3. The number of aliphatic hydroxyl groups is 1. The summed E-state index contributed by atoms with van der Waals surface area (Å²) in [5.41, 5.74) is 1.30. The van der Waals surface area contributed by atoms with E-state index in [-0.39, 0.29) is 17.7 Å². The lowest BCUT2D eigenvalue weighted by atomic mass is 9.90. The molecule has 1 N–H and O–H groups in total. The van der Waals surface area contributed by atoms with E-state index in [0.29, 0.717) is 25.4 Å². The normalized spacial score (nSPS) is 24.6. The minimum atomic E-state index is -0.586.